The van der Waals surface area contributed by atoms with Crippen LogP contribution in [-0.2, 0) is 74.7 Å². The molecule has 0 bridgehead atoms. The van der Waals surface area contributed by atoms with Gasteiger partial charge < -0.3 is 51.7 Å². The normalized spacial score (nSPS) is 14.7. The van der Waals surface area contributed by atoms with E-state index in [0.29, 0.717) is 11.6 Å². The second kappa shape index (κ2) is 31.5. The van der Waals surface area contributed by atoms with E-state index in [1.165, 1.54) is 149 Å². The van der Waals surface area contributed by atoms with Crippen molar-refractivity contribution in [2.75, 3.05) is 9.80 Å². The number of H-pyrrole nitrogens is 1. The first-order valence-electron chi connectivity index (χ1n) is 31.1. The number of aromatic nitrogens is 6. The van der Waals surface area contributed by atoms with Gasteiger partial charge in [-0.2, -0.15) is 62.5 Å². The standard InChI is InChI=1S/C34H39BrF6N4O7.C34H40F6N4O8/c1-11-22(50-29(2,3)4)32(34(39,40)41,48-18-19-15-13-12-14-16-19)26-44-43-25(49-26)23-21(17-20(24(35)42-23)33(36,37)38)45(27(46)51-30(5,6)7)28(47)52-31(8,9)10;1-11-22(50-29(2,3)4)32(34(38,39)40,48-18-19-15-13-12-14-16-19)26-43-42-25(49-26)23-21(17-20(24(45)41-23)33(35,36)37)44(27(46)51-30(5,6)7)28(47)52-31(8,9)10/h11-17,22H,1,18H2,2-10H3;11-17,22H,1,18H2,2-10H3,(H,41,45). The van der Waals surface area contributed by atoms with Crippen LogP contribution < -0.4 is 15.4 Å². The fourth-order valence-corrected chi connectivity index (χ4v) is 9.47. The number of nitrogens with one attached hydrogen (secondary N) is 1. The summed E-state index contributed by atoms with van der Waals surface area (Å²) in [5.74, 6) is -4.60. The van der Waals surface area contributed by atoms with Crippen molar-refractivity contribution in [3.8, 4) is 23.2 Å². The number of carbonyl (C=O) groups is 4. The van der Waals surface area contributed by atoms with E-state index in [-0.39, 0.29) is 21.4 Å². The summed E-state index contributed by atoms with van der Waals surface area (Å²) in [5.41, 5.74) is -23.4. The number of hydrogen-bond donors (Lipinski definition) is 1. The maximum Gasteiger partial charge on any atom is 0.429 e. The van der Waals surface area contributed by atoms with Gasteiger partial charge in [0.2, 0.25) is 0 Å². The topological polar surface area (TPSA) is 272 Å². The number of rotatable bonds is 18. The van der Waals surface area contributed by atoms with Gasteiger partial charge in [-0.05, 0) is 164 Å². The Morgan fingerprint density at radius 3 is 1.13 bits per heavy atom. The molecule has 0 spiro atoms. The van der Waals surface area contributed by atoms with Crippen molar-refractivity contribution in [3.63, 3.8) is 0 Å². The summed E-state index contributed by atoms with van der Waals surface area (Å²) in [6.07, 6.45) is -29.9. The summed E-state index contributed by atoms with van der Waals surface area (Å²) in [7, 11) is 0. The maximum atomic E-state index is 15.5. The van der Waals surface area contributed by atoms with Crippen LogP contribution in [0.3, 0.4) is 0 Å². The van der Waals surface area contributed by atoms with E-state index in [9.17, 15) is 50.3 Å². The SMILES string of the molecule is C=CC(OC(C)(C)C)C(OCc1ccccc1)(c1nnc(-c2[nH]c(=O)c(C(F)(F)F)cc2N(C(=O)OC(C)(C)C)C(=O)OC(C)(C)C)o1)C(F)(F)F.C=CC(OC(C)(C)C)C(OCc1ccccc1)(c1nnc(-c2nc(Br)c(C(F)(F)F)cc2N(C(=O)OC(C)(C)C)C(=O)OC(C)(C)C)o1)C(F)(F)F. The van der Waals surface area contributed by atoms with E-state index in [2.05, 4.69) is 54.5 Å². The van der Waals surface area contributed by atoms with Gasteiger partial charge >= 0.3 is 49.1 Å². The molecule has 2 aromatic carbocycles. The molecule has 4 aromatic heterocycles. The fraction of sp³-hybridized carbons (Fsp3) is 0.500. The van der Waals surface area contributed by atoms with Gasteiger partial charge in [-0.25, -0.2) is 24.2 Å². The third-order valence-electron chi connectivity index (χ3n) is 12.9. The molecule has 1 N–H and O–H groups in total. The van der Waals surface area contributed by atoms with E-state index in [0.717, 1.165) is 12.2 Å². The molecule has 0 aliphatic heterocycles. The molecule has 4 heterocycles. The molecule has 23 nitrogen and oxygen atoms in total. The molecule has 104 heavy (non-hydrogen) atoms. The molecule has 572 valence electrons. The van der Waals surface area contributed by atoms with Gasteiger partial charge in [-0.3, -0.25) is 4.79 Å². The van der Waals surface area contributed by atoms with E-state index in [1.54, 1.807) is 36.4 Å². The van der Waals surface area contributed by atoms with Crippen LogP contribution in [0.15, 0.2) is 116 Å². The zero-order chi connectivity index (χ0) is 79.3. The van der Waals surface area contributed by atoms with Gasteiger partial charge in [-0.1, -0.05) is 72.8 Å². The summed E-state index contributed by atoms with van der Waals surface area (Å²) in [6, 6.07) is 15.9. The van der Waals surface area contributed by atoms with Crippen molar-refractivity contribution in [1.82, 2.24) is 30.4 Å². The Hall–Kier alpha value is -8.74. The molecule has 36 heteroatoms. The van der Waals surface area contributed by atoms with Crippen LogP contribution in [0.2, 0.25) is 0 Å². The number of benzene rings is 2. The molecule has 4 amide bonds. The number of pyridine rings is 2. The average molecular weight is 1560 g/mol. The molecule has 4 unspecified atom stereocenters. The number of anilines is 2. The van der Waals surface area contributed by atoms with Crippen LogP contribution in [0.4, 0.5) is 83.2 Å². The van der Waals surface area contributed by atoms with Gasteiger partial charge in [0.15, 0.2) is 5.69 Å². The number of halogens is 13. The highest BCUT2D eigenvalue weighted by molar-refractivity contribution is 9.10. The molecular weight excluding hydrogens is 1480 g/mol. The van der Waals surface area contributed by atoms with Crippen LogP contribution in [-0.4, -0.2) is 113 Å². The highest BCUT2D eigenvalue weighted by atomic mass is 79.9. The maximum absolute atomic E-state index is 15.5. The second-order valence-electron chi connectivity index (χ2n) is 28.7. The molecule has 0 radical (unpaired) electrons. The highest BCUT2D eigenvalue weighted by Crippen LogP contribution is 2.51. The summed E-state index contributed by atoms with van der Waals surface area (Å²) >= 11 is 2.72. The minimum Gasteiger partial charge on any atom is -0.443 e. The van der Waals surface area contributed by atoms with E-state index >= 15 is 26.3 Å². The van der Waals surface area contributed by atoms with Gasteiger partial charge in [-0.15, -0.1) is 33.6 Å². The summed E-state index contributed by atoms with van der Waals surface area (Å²) in [4.78, 5) is 72.5. The molecule has 6 aromatic rings. The van der Waals surface area contributed by atoms with E-state index in [1.807, 2.05) is 4.98 Å². The van der Waals surface area contributed by atoms with Crippen LogP contribution in [0.5, 0.6) is 0 Å². The monoisotopic (exact) mass is 1550 g/mol. The lowest BCUT2D eigenvalue weighted by molar-refractivity contribution is -0.332. The molecule has 6 rings (SSSR count). The van der Waals surface area contributed by atoms with Crippen LogP contribution >= 0.6 is 15.9 Å². The Labute approximate surface area is 598 Å². The first-order valence-corrected chi connectivity index (χ1v) is 31.9. The first-order chi connectivity index (χ1) is 47.2. The number of ether oxygens (including phenoxy) is 8. The number of aromatic amines is 1. The molecule has 0 saturated heterocycles. The van der Waals surface area contributed by atoms with Crippen molar-refractivity contribution in [3.05, 3.63) is 147 Å². The van der Waals surface area contributed by atoms with Gasteiger partial charge in [0, 0.05) is 0 Å². The molecular formula is C68H79BrF12N8O15. The van der Waals surface area contributed by atoms with Crippen molar-refractivity contribution in [1.29, 1.82) is 0 Å². The quantitative estimate of drug-likeness (QED) is 0.0362. The van der Waals surface area contributed by atoms with Crippen molar-refractivity contribution < 1.29 is 119 Å². The Balaban J connectivity index is 0.000000374. The largest absolute Gasteiger partial charge is 0.443 e. The third-order valence-corrected chi connectivity index (χ3v) is 13.5. The van der Waals surface area contributed by atoms with Crippen LogP contribution in [0, 0.1) is 0 Å². The minimum atomic E-state index is -5.41. The molecule has 0 aliphatic rings. The minimum absolute atomic E-state index is 0.0130. The number of carbonyl (C=O) groups excluding carboxylic acids is 4. The Bertz CT molecular complexity index is 4010. The number of nitrogens with zero attached hydrogens (tertiary/aromatic N) is 7. The number of amides is 4. The molecule has 0 fully saturated rings. The predicted octanol–water partition coefficient (Wildman–Crippen LogP) is 18.4. The molecule has 0 saturated carbocycles. The van der Waals surface area contributed by atoms with Crippen molar-refractivity contribution in [2.45, 2.75) is 220 Å². The first kappa shape index (κ1) is 85.9. The van der Waals surface area contributed by atoms with Gasteiger partial charge in [0.1, 0.15) is 50.5 Å². The zero-order valence-corrected chi connectivity index (χ0v) is 61.3. The van der Waals surface area contributed by atoms with Crippen LogP contribution in [0.1, 0.15) is 159 Å². The molecule has 4 atom stereocenters. The lowest BCUT2D eigenvalue weighted by atomic mass is 9.93. The van der Waals surface area contributed by atoms with Gasteiger partial charge in [0.05, 0.1) is 41.4 Å². The van der Waals surface area contributed by atoms with Crippen molar-refractivity contribution in [2.24, 2.45) is 0 Å². The summed E-state index contributed by atoms with van der Waals surface area (Å²) in [5, 5.41) is 14.5. The smallest absolute Gasteiger partial charge is 0.429 e. The van der Waals surface area contributed by atoms with Gasteiger partial charge in [0.25, 0.3) is 40.3 Å². The fourth-order valence-electron chi connectivity index (χ4n) is 8.95. The summed E-state index contributed by atoms with van der Waals surface area (Å²) in [6.45, 7) is 31.4. The number of hydrogen-bond acceptors (Lipinski definition) is 20. The Morgan fingerprint density at radius 2 is 0.817 bits per heavy atom. The van der Waals surface area contributed by atoms with E-state index < -0.39 is 187 Å². The second-order valence-corrected chi connectivity index (χ2v) is 29.4. The predicted molar refractivity (Wildman–Crippen MR) is 353 cm³/mol. The molecule has 0 aliphatic carbocycles. The lowest BCUT2D eigenvalue weighted by Crippen LogP contribution is -2.55. The highest BCUT2D eigenvalue weighted by Gasteiger charge is 2.68. The third kappa shape index (κ3) is 22.2. The zero-order valence-electron chi connectivity index (χ0n) is 59.7. The Kier molecular flexibility index (Phi) is 26.0. The van der Waals surface area contributed by atoms with E-state index in [4.69, 9.17) is 46.7 Å². The van der Waals surface area contributed by atoms with Crippen LogP contribution in [0.25, 0.3) is 23.2 Å². The Morgan fingerprint density at radius 1 is 0.490 bits per heavy atom. The lowest BCUT2D eigenvalue weighted by Gasteiger charge is -2.40. The number of alkyl halides is 12. The average Bonchev–Trinajstić information content (AvgIpc) is 1.45. The summed E-state index contributed by atoms with van der Waals surface area (Å²) < 4.78 is 232. The number of imide groups is 2. The van der Waals surface area contributed by atoms with Crippen molar-refractivity contribution >= 4 is 51.7 Å².